The van der Waals surface area contributed by atoms with Crippen LogP contribution >= 0.6 is 7.82 Å². The highest BCUT2D eigenvalue weighted by Gasteiger charge is 2.63. The zero-order valence-electron chi connectivity index (χ0n) is 17.0. The van der Waals surface area contributed by atoms with E-state index in [-0.39, 0.29) is 29.5 Å². The number of phosphoric acid groups is 1. The van der Waals surface area contributed by atoms with Gasteiger partial charge in [-0.2, -0.15) is 4.98 Å². The van der Waals surface area contributed by atoms with Crippen LogP contribution in [0.3, 0.4) is 0 Å². The summed E-state index contributed by atoms with van der Waals surface area (Å²) >= 11 is 0. The summed E-state index contributed by atoms with van der Waals surface area (Å²) in [5.41, 5.74) is 1.79. The molecule has 0 amide bonds. The minimum atomic E-state index is -4.41. The molecule has 16 heteroatoms. The van der Waals surface area contributed by atoms with E-state index in [4.69, 9.17) is 24.0 Å². The van der Waals surface area contributed by atoms with Crippen molar-refractivity contribution in [2.24, 2.45) is 0 Å². The Morgan fingerprint density at radius 1 is 1.41 bits per heavy atom. The smallest absolute Gasteiger partial charge is 0.404 e. The number of halogens is 3. The highest BCUT2D eigenvalue weighted by Crippen LogP contribution is 2.56. The van der Waals surface area contributed by atoms with E-state index in [0.29, 0.717) is 5.56 Å². The number of nitrogens with two attached hydrogens (primary N) is 1. The molecule has 0 bridgehead atoms. The third-order valence-electron chi connectivity index (χ3n) is 5.50. The maximum absolute atomic E-state index is 15.2. The van der Waals surface area contributed by atoms with Gasteiger partial charge in [0.2, 0.25) is 5.95 Å². The standard InChI is InChI=1S/C18H17F3N5O7P/c19-12-11(27)15(26-7-23-10-13(26)24-17(22)25-14(10)28)32-18(12,16(20)21)6-31-34(29)30-5-8-3-1-2-4-9(8)33-34/h1-4,7,11-12,15-16,27H,5-6H2,(H3,22,24,25,28). The van der Waals surface area contributed by atoms with Gasteiger partial charge in [0.25, 0.3) is 12.0 Å². The Morgan fingerprint density at radius 3 is 2.94 bits per heavy atom. The van der Waals surface area contributed by atoms with Crippen LogP contribution in [0.4, 0.5) is 19.1 Å². The van der Waals surface area contributed by atoms with E-state index in [1.54, 1.807) is 18.2 Å². The topological polar surface area (TPSA) is 164 Å². The first kappa shape index (κ1) is 22.8. The van der Waals surface area contributed by atoms with Crippen molar-refractivity contribution in [2.45, 2.75) is 37.1 Å². The van der Waals surface area contributed by atoms with Gasteiger partial charge >= 0.3 is 7.82 Å². The molecule has 1 aromatic carbocycles. The zero-order chi connectivity index (χ0) is 24.3. The Bertz CT molecular complexity index is 1350. The Hall–Kier alpha value is -2.97. The van der Waals surface area contributed by atoms with Crippen LogP contribution in [0.2, 0.25) is 0 Å². The molecule has 1 saturated heterocycles. The number of nitrogen functional groups attached to an aromatic ring is 1. The number of para-hydroxylation sites is 1. The van der Waals surface area contributed by atoms with Gasteiger partial charge in [-0.25, -0.2) is 22.7 Å². The first-order chi connectivity index (χ1) is 16.1. The number of aromatic amines is 1. The molecule has 5 rings (SSSR count). The van der Waals surface area contributed by atoms with Gasteiger partial charge < -0.3 is 20.1 Å². The number of ether oxygens (including phenoxy) is 1. The fraction of sp³-hybridized carbons (Fsp3) is 0.389. The van der Waals surface area contributed by atoms with Crippen LogP contribution in [0.15, 0.2) is 35.4 Å². The van der Waals surface area contributed by atoms with Gasteiger partial charge in [-0.15, -0.1) is 0 Å². The number of nitrogens with zero attached hydrogens (tertiary/aromatic N) is 3. The lowest BCUT2D eigenvalue weighted by Crippen LogP contribution is -2.50. The summed E-state index contributed by atoms with van der Waals surface area (Å²) in [5.74, 6) is -0.166. The first-order valence-corrected chi connectivity index (χ1v) is 11.3. The number of imidazole rings is 1. The molecule has 34 heavy (non-hydrogen) atoms. The number of aliphatic hydroxyl groups is 1. The largest absolute Gasteiger partial charge is 0.530 e. The molecule has 2 aliphatic rings. The number of hydrogen-bond donors (Lipinski definition) is 3. The van der Waals surface area contributed by atoms with Gasteiger partial charge in [-0.05, 0) is 6.07 Å². The van der Waals surface area contributed by atoms with Crippen molar-refractivity contribution in [3.8, 4) is 5.75 Å². The lowest BCUT2D eigenvalue weighted by molar-refractivity contribution is -0.183. The molecule has 0 spiro atoms. The first-order valence-electron chi connectivity index (χ1n) is 9.80. The van der Waals surface area contributed by atoms with Gasteiger partial charge in [-0.1, -0.05) is 18.2 Å². The highest BCUT2D eigenvalue weighted by atomic mass is 31.2. The Balaban J connectivity index is 1.43. The van der Waals surface area contributed by atoms with Crippen LogP contribution < -0.4 is 15.8 Å². The minimum Gasteiger partial charge on any atom is -0.404 e. The Labute approximate surface area is 188 Å². The van der Waals surface area contributed by atoms with Gasteiger partial charge in [-0.3, -0.25) is 23.4 Å². The van der Waals surface area contributed by atoms with Crippen LogP contribution in [-0.2, 0) is 25.0 Å². The predicted octanol–water partition coefficient (Wildman–Crippen LogP) is 1.67. The number of nitrogens with one attached hydrogen (secondary N) is 1. The van der Waals surface area contributed by atoms with Crippen molar-refractivity contribution in [1.29, 1.82) is 0 Å². The molecule has 2 aliphatic heterocycles. The molecular formula is C18H17F3N5O7P. The van der Waals surface area contributed by atoms with Crippen molar-refractivity contribution in [1.82, 2.24) is 19.5 Å². The van der Waals surface area contributed by atoms with E-state index < -0.39 is 50.5 Å². The van der Waals surface area contributed by atoms with Crippen LogP contribution in [-0.4, -0.2) is 55.5 Å². The van der Waals surface area contributed by atoms with Crippen LogP contribution in [0.25, 0.3) is 11.2 Å². The Morgan fingerprint density at radius 2 is 2.18 bits per heavy atom. The van der Waals surface area contributed by atoms with Crippen molar-refractivity contribution in [3.63, 3.8) is 0 Å². The third-order valence-corrected chi connectivity index (χ3v) is 6.81. The number of aromatic nitrogens is 4. The molecule has 12 nitrogen and oxygen atoms in total. The molecule has 5 unspecified atom stereocenters. The average molecular weight is 503 g/mol. The maximum Gasteiger partial charge on any atom is 0.530 e. The number of hydrogen-bond acceptors (Lipinski definition) is 10. The lowest BCUT2D eigenvalue weighted by atomic mass is 9.98. The monoisotopic (exact) mass is 503 g/mol. The second-order valence-corrected chi connectivity index (χ2v) is 9.22. The molecule has 0 saturated carbocycles. The van der Waals surface area contributed by atoms with Gasteiger partial charge in [0, 0.05) is 5.56 Å². The number of rotatable bonds is 5. The molecule has 4 heterocycles. The van der Waals surface area contributed by atoms with E-state index in [1.807, 2.05) is 0 Å². The normalized spacial score (nSPS) is 31.0. The van der Waals surface area contributed by atoms with Gasteiger partial charge in [0.05, 0.1) is 19.5 Å². The summed E-state index contributed by atoms with van der Waals surface area (Å²) in [4.78, 5) is 21.8. The minimum absolute atomic E-state index is 0.156. The number of H-pyrrole nitrogens is 1. The number of alkyl halides is 3. The fourth-order valence-corrected chi connectivity index (χ4v) is 5.00. The number of fused-ring (bicyclic) bond motifs is 2. The van der Waals surface area contributed by atoms with E-state index >= 15 is 4.39 Å². The van der Waals surface area contributed by atoms with Crippen molar-refractivity contribution in [3.05, 3.63) is 46.5 Å². The number of anilines is 1. The molecule has 1 fully saturated rings. The summed E-state index contributed by atoms with van der Waals surface area (Å²) in [6, 6.07) is 6.39. The maximum atomic E-state index is 15.2. The van der Waals surface area contributed by atoms with Crippen LogP contribution in [0, 0.1) is 0 Å². The second-order valence-electron chi connectivity index (χ2n) is 7.62. The van der Waals surface area contributed by atoms with E-state index in [9.17, 15) is 23.2 Å². The summed E-state index contributed by atoms with van der Waals surface area (Å²) in [6.07, 6.45) is -9.24. The Kier molecular flexibility index (Phi) is 5.41. The molecule has 182 valence electrons. The fourth-order valence-electron chi connectivity index (χ4n) is 3.74. The van der Waals surface area contributed by atoms with Crippen molar-refractivity contribution in [2.75, 3.05) is 12.3 Å². The van der Waals surface area contributed by atoms with Crippen molar-refractivity contribution >= 4 is 24.9 Å². The SMILES string of the molecule is Nc1nc2c(ncn2C2OC(COP3(=O)OCc4ccccc4O3)(C(F)F)C(F)C2O)c(=O)[nH]1. The van der Waals surface area contributed by atoms with Crippen molar-refractivity contribution < 1.29 is 41.2 Å². The summed E-state index contributed by atoms with van der Waals surface area (Å²) in [7, 11) is -4.41. The summed E-state index contributed by atoms with van der Waals surface area (Å²) in [6.45, 7) is -1.48. The van der Waals surface area contributed by atoms with Gasteiger partial charge in [0.1, 0.15) is 11.9 Å². The number of phosphoric ester groups is 1. The lowest BCUT2D eigenvalue weighted by Gasteiger charge is -2.32. The van der Waals surface area contributed by atoms with Gasteiger partial charge in [0.15, 0.2) is 29.2 Å². The second kappa shape index (κ2) is 8.06. The summed E-state index contributed by atoms with van der Waals surface area (Å²) < 4.78 is 77.8. The predicted molar refractivity (Wildman–Crippen MR) is 108 cm³/mol. The van der Waals surface area contributed by atoms with E-state index in [0.717, 1.165) is 10.9 Å². The van der Waals surface area contributed by atoms with E-state index in [2.05, 4.69) is 15.0 Å². The molecule has 0 aliphatic carbocycles. The number of aliphatic hydroxyl groups excluding tert-OH is 1. The molecule has 5 atom stereocenters. The van der Waals surface area contributed by atoms with Crippen LogP contribution in [0.5, 0.6) is 5.75 Å². The molecule has 0 radical (unpaired) electrons. The molecule has 2 aromatic heterocycles. The molecule has 4 N–H and O–H groups in total. The highest BCUT2D eigenvalue weighted by molar-refractivity contribution is 7.49. The average Bonchev–Trinajstić information content (AvgIpc) is 3.32. The number of benzene rings is 1. The zero-order valence-corrected chi connectivity index (χ0v) is 17.9. The third kappa shape index (κ3) is 3.56. The molecule has 3 aromatic rings. The summed E-state index contributed by atoms with van der Waals surface area (Å²) in [5, 5.41) is 10.4. The van der Waals surface area contributed by atoms with E-state index in [1.165, 1.54) is 6.07 Å². The quantitative estimate of drug-likeness (QED) is 0.436. The van der Waals surface area contributed by atoms with Crippen LogP contribution in [0.1, 0.15) is 11.8 Å². The molecular weight excluding hydrogens is 486 g/mol.